The summed E-state index contributed by atoms with van der Waals surface area (Å²) in [5.41, 5.74) is 6.28. The summed E-state index contributed by atoms with van der Waals surface area (Å²) in [6.07, 6.45) is 5.19. The maximum Gasteiger partial charge on any atom is 0.0861 e. The Kier molecular flexibility index (Phi) is 7.32. The highest BCUT2D eigenvalue weighted by molar-refractivity contribution is 5.42. The Morgan fingerprint density at radius 1 is 0.941 bits per heavy atom. The van der Waals surface area contributed by atoms with Crippen LogP contribution in [0.3, 0.4) is 0 Å². The molecule has 2 aliphatic carbocycles. The zero-order valence-corrected chi connectivity index (χ0v) is 22.5. The summed E-state index contributed by atoms with van der Waals surface area (Å²) in [4.78, 5) is 0. The van der Waals surface area contributed by atoms with Gasteiger partial charge in [-0.2, -0.15) is 0 Å². The minimum atomic E-state index is -0.348. The van der Waals surface area contributed by atoms with E-state index in [9.17, 15) is 5.11 Å². The third kappa shape index (κ3) is 4.73. The first-order valence-electron chi connectivity index (χ1n) is 13.6. The van der Waals surface area contributed by atoms with Gasteiger partial charge in [-0.1, -0.05) is 83.1 Å². The van der Waals surface area contributed by atoms with Crippen LogP contribution >= 0.6 is 0 Å². The molecule has 1 saturated carbocycles. The topological polar surface area (TPSA) is 29.5 Å². The Hall–Kier alpha value is -1.64. The number of ether oxygens (including phenoxy) is 1. The summed E-state index contributed by atoms with van der Waals surface area (Å²) in [5, 5.41) is 9.98. The molecule has 1 fully saturated rings. The lowest BCUT2D eigenvalue weighted by Crippen LogP contribution is -2.53. The van der Waals surface area contributed by atoms with Gasteiger partial charge in [0.2, 0.25) is 0 Å². The summed E-state index contributed by atoms with van der Waals surface area (Å²) >= 11 is 0. The second kappa shape index (κ2) is 9.78. The van der Waals surface area contributed by atoms with Crippen molar-refractivity contribution in [2.24, 2.45) is 17.3 Å². The van der Waals surface area contributed by atoms with Gasteiger partial charge in [0, 0.05) is 0 Å². The summed E-state index contributed by atoms with van der Waals surface area (Å²) < 4.78 is 6.80. The highest BCUT2D eigenvalue weighted by Crippen LogP contribution is 2.62. The molecular weight excluding hydrogens is 416 g/mol. The molecule has 0 aromatic heterocycles. The number of aliphatic hydroxyl groups excluding tert-OH is 1. The van der Waals surface area contributed by atoms with Crippen LogP contribution in [0.15, 0.2) is 48.5 Å². The summed E-state index contributed by atoms with van der Waals surface area (Å²) in [5.74, 6) is 1.62. The Bertz CT molecular complexity index is 960. The summed E-state index contributed by atoms with van der Waals surface area (Å²) in [6, 6.07) is 18.1. The van der Waals surface area contributed by atoms with Crippen molar-refractivity contribution in [2.45, 2.75) is 110 Å². The lowest BCUT2D eigenvalue weighted by Gasteiger charge is -2.59. The van der Waals surface area contributed by atoms with Crippen LogP contribution in [0, 0.1) is 17.3 Å². The van der Waals surface area contributed by atoms with E-state index in [0.29, 0.717) is 24.2 Å². The van der Waals surface area contributed by atoms with E-state index in [4.69, 9.17) is 4.74 Å². The highest BCUT2D eigenvalue weighted by Gasteiger charge is 2.55. The molecular formula is C32H46O2. The molecule has 2 aliphatic rings. The third-order valence-electron chi connectivity index (χ3n) is 9.26. The van der Waals surface area contributed by atoms with Gasteiger partial charge in [0.05, 0.1) is 18.3 Å². The first-order valence-corrected chi connectivity index (χ1v) is 13.6. The van der Waals surface area contributed by atoms with E-state index in [1.54, 1.807) is 11.1 Å². The average Bonchev–Trinajstić information content (AvgIpc) is 2.77. The van der Waals surface area contributed by atoms with Gasteiger partial charge < -0.3 is 9.84 Å². The van der Waals surface area contributed by atoms with Crippen LogP contribution in [-0.4, -0.2) is 17.3 Å². The molecule has 0 spiro atoms. The van der Waals surface area contributed by atoms with E-state index in [0.717, 1.165) is 6.42 Å². The number of benzene rings is 2. The Morgan fingerprint density at radius 3 is 2.29 bits per heavy atom. The zero-order chi connectivity index (χ0) is 24.7. The van der Waals surface area contributed by atoms with E-state index in [-0.39, 0.29) is 29.1 Å². The number of hydrogen-bond acceptors (Lipinski definition) is 2. The predicted octanol–water partition coefficient (Wildman–Crippen LogP) is 7.98. The van der Waals surface area contributed by atoms with Gasteiger partial charge in [-0.25, -0.2) is 0 Å². The van der Waals surface area contributed by atoms with Crippen LogP contribution in [0.5, 0.6) is 0 Å². The van der Waals surface area contributed by atoms with Gasteiger partial charge in [0.15, 0.2) is 0 Å². The third-order valence-corrected chi connectivity index (χ3v) is 9.26. The monoisotopic (exact) mass is 462 g/mol. The van der Waals surface area contributed by atoms with E-state index >= 15 is 0 Å². The van der Waals surface area contributed by atoms with Crippen molar-refractivity contribution in [2.75, 3.05) is 0 Å². The lowest BCUT2D eigenvalue weighted by molar-refractivity contribution is -0.123. The number of hydrogen-bond donors (Lipinski definition) is 1. The van der Waals surface area contributed by atoms with Crippen LogP contribution in [0.2, 0.25) is 0 Å². The predicted molar refractivity (Wildman–Crippen MR) is 142 cm³/mol. The Morgan fingerprint density at radius 2 is 1.65 bits per heavy atom. The number of rotatable bonds is 7. The van der Waals surface area contributed by atoms with Crippen LogP contribution in [0.1, 0.15) is 108 Å². The molecule has 0 saturated heterocycles. The summed E-state index contributed by atoms with van der Waals surface area (Å²) in [7, 11) is 0. The Labute approximate surface area is 208 Å². The van der Waals surface area contributed by atoms with Crippen LogP contribution in [0.25, 0.3) is 0 Å². The van der Waals surface area contributed by atoms with E-state index in [1.165, 1.54) is 30.4 Å². The first kappa shape index (κ1) is 25.5. The average molecular weight is 463 g/mol. The van der Waals surface area contributed by atoms with Gasteiger partial charge in [-0.3, -0.25) is 0 Å². The van der Waals surface area contributed by atoms with Gasteiger partial charge >= 0.3 is 0 Å². The molecule has 0 bridgehead atoms. The van der Waals surface area contributed by atoms with Crippen LogP contribution in [0.4, 0.5) is 0 Å². The van der Waals surface area contributed by atoms with Crippen molar-refractivity contribution in [3.8, 4) is 0 Å². The molecule has 34 heavy (non-hydrogen) atoms. The van der Waals surface area contributed by atoms with E-state index < -0.39 is 0 Å². The molecule has 1 unspecified atom stereocenters. The molecule has 0 radical (unpaired) electrons. The lowest BCUT2D eigenvalue weighted by atomic mass is 9.46. The highest BCUT2D eigenvalue weighted by atomic mass is 16.5. The van der Waals surface area contributed by atoms with Crippen molar-refractivity contribution < 1.29 is 9.84 Å². The molecule has 4 rings (SSSR count). The molecule has 0 heterocycles. The van der Waals surface area contributed by atoms with E-state index in [2.05, 4.69) is 90.1 Å². The molecule has 2 aromatic rings. The normalized spacial score (nSPS) is 28.6. The second-order valence-corrected chi connectivity index (χ2v) is 12.4. The van der Waals surface area contributed by atoms with Crippen molar-refractivity contribution in [1.82, 2.24) is 0 Å². The molecule has 2 nitrogen and oxygen atoms in total. The molecule has 186 valence electrons. The quantitative estimate of drug-likeness (QED) is 0.452. The molecule has 2 aromatic carbocycles. The molecule has 6 atom stereocenters. The van der Waals surface area contributed by atoms with Gasteiger partial charge in [0.25, 0.3) is 0 Å². The van der Waals surface area contributed by atoms with Crippen molar-refractivity contribution in [1.29, 1.82) is 0 Å². The maximum atomic E-state index is 9.98. The summed E-state index contributed by atoms with van der Waals surface area (Å²) in [6.45, 7) is 16.2. The van der Waals surface area contributed by atoms with Crippen molar-refractivity contribution in [3.05, 3.63) is 70.8 Å². The zero-order valence-electron chi connectivity index (χ0n) is 22.5. The minimum Gasteiger partial charge on any atom is -0.393 e. The molecule has 0 aliphatic heterocycles. The fraction of sp³-hybridized carbons (Fsp3) is 0.625. The smallest absolute Gasteiger partial charge is 0.0861 e. The van der Waals surface area contributed by atoms with Gasteiger partial charge in [-0.15, -0.1) is 0 Å². The molecule has 0 amide bonds. The van der Waals surface area contributed by atoms with Crippen LogP contribution < -0.4 is 0 Å². The molecule has 2 heteroatoms. The van der Waals surface area contributed by atoms with Gasteiger partial charge in [-0.05, 0) is 96.8 Å². The standard InChI is InChI=1S/C32H46O2/c1-21(2)26-14-13-24-15-16-29-31(5,6)27(17-18-32(29,7)28(24)20-26)30(25-11-9-8-10-12-25)34-23(4)19-22(3)33/h8-14,20-23,27,29-30,33H,15-19H2,1-7H3/t22-,23-,27?,29-,30+,32+/m0/s1. The molecule has 1 N–H and O–H groups in total. The van der Waals surface area contributed by atoms with Crippen molar-refractivity contribution >= 4 is 0 Å². The van der Waals surface area contributed by atoms with Crippen molar-refractivity contribution in [3.63, 3.8) is 0 Å². The fourth-order valence-electron chi connectivity index (χ4n) is 7.47. The van der Waals surface area contributed by atoms with Gasteiger partial charge in [0.1, 0.15) is 0 Å². The minimum absolute atomic E-state index is 0.0231. The largest absolute Gasteiger partial charge is 0.393 e. The SMILES string of the molecule is CC(C)c1ccc2c(c1)[C@@]1(C)CCC([C@H](O[C@@H](C)C[C@H](C)O)c3ccccc3)C(C)(C)[C@@H]1CC2. The first-order chi connectivity index (χ1) is 16.0. The van der Waals surface area contributed by atoms with E-state index in [1.807, 2.05) is 6.92 Å². The maximum absolute atomic E-state index is 9.98. The van der Waals surface area contributed by atoms with Crippen LogP contribution in [-0.2, 0) is 16.6 Å². The number of aryl methyl sites for hydroxylation is 1. The fourth-order valence-corrected chi connectivity index (χ4v) is 7.47. The number of fused-ring (bicyclic) bond motifs is 3. The number of aliphatic hydroxyl groups is 1. The second-order valence-electron chi connectivity index (χ2n) is 12.4. The Balaban J connectivity index is 1.69.